The molecule has 0 aliphatic rings. The zero-order chi connectivity index (χ0) is 5.86. The third kappa shape index (κ3) is 3.51. The van der Waals surface area contributed by atoms with Gasteiger partial charge in [-0.1, -0.05) is 19.7 Å². The van der Waals surface area contributed by atoms with Crippen LogP contribution in [0.4, 0.5) is 0 Å². The molecule has 0 fully saturated rings. The van der Waals surface area contributed by atoms with Gasteiger partial charge in [-0.15, -0.1) is 8.87 Å². The zero-order valence-electron chi connectivity index (χ0n) is 4.86. The van der Waals surface area contributed by atoms with Crippen molar-refractivity contribution >= 4 is 35.6 Å². The monoisotopic (exact) mass is 134 g/mol. The van der Waals surface area contributed by atoms with Crippen LogP contribution in [-0.4, -0.2) is 3.84 Å². The molecule has 0 amide bonds. The molecule has 0 aliphatic heterocycles. The fourth-order valence-electron chi connectivity index (χ4n) is 0. The summed E-state index contributed by atoms with van der Waals surface area (Å²) in [6, 6.07) is 0. The molecule has 0 aromatic carbocycles. The lowest BCUT2D eigenvalue weighted by molar-refractivity contribution is 5.43. The Hall–Kier alpha value is 1.51. The highest BCUT2D eigenvalue weighted by Crippen LogP contribution is 2.34. The van der Waals surface area contributed by atoms with E-state index in [2.05, 4.69) is 11.8 Å². The minimum atomic E-state index is -1.57. The van der Waals surface area contributed by atoms with Gasteiger partial charge in [0.25, 0.3) is 0 Å². The van der Waals surface area contributed by atoms with E-state index in [0.29, 0.717) is 0 Å². The molecule has 0 bridgehead atoms. The molecule has 0 radical (unpaired) electrons. The van der Waals surface area contributed by atoms with Crippen LogP contribution in [0.3, 0.4) is 0 Å². The first-order chi connectivity index (χ1) is 3.18. The van der Waals surface area contributed by atoms with Gasteiger partial charge < -0.3 is 0 Å². The number of hydrogen-bond donors (Lipinski definition) is 0. The summed E-state index contributed by atoms with van der Waals surface area (Å²) in [5, 5.41) is 0. The van der Waals surface area contributed by atoms with Crippen LogP contribution < -0.4 is 0 Å². The molecule has 3 atom stereocenters. The van der Waals surface area contributed by atoms with Crippen LogP contribution in [0.25, 0.3) is 0 Å². The van der Waals surface area contributed by atoms with Gasteiger partial charge in [-0.05, 0) is 6.99 Å². The van der Waals surface area contributed by atoms with Crippen molar-refractivity contribution in [1.82, 2.24) is 0 Å². The van der Waals surface area contributed by atoms with E-state index >= 15 is 0 Å². The topological polar surface area (TPSA) is 0 Å². The normalized spacial score (nSPS) is 36.5. The molecular weight excluding hydrogens is 125 g/mol. The molecule has 0 aromatic rings. The predicted octanol–water partition coefficient (Wildman–Crippen LogP) is 1.24. The SMILES string of the molecule is [2H]PP([2H])[PH]([3H])=S. The first-order valence-electron chi connectivity index (χ1n) is 2.10. The molecule has 0 rings (SSSR count). The quantitative estimate of drug-likeness (QED) is 0.512. The first-order valence-corrected chi connectivity index (χ1v) is 5.86. The number of hydrogen-bond acceptors (Lipinski definition) is 1. The molecule has 0 heterocycles. The second-order valence-electron chi connectivity index (χ2n) is 0.203. The molecule has 26 valence electrons. The van der Waals surface area contributed by atoms with Crippen LogP contribution in [0.1, 0.15) is 0 Å². The van der Waals surface area contributed by atoms with Crippen LogP contribution in [0, 0.1) is 0 Å². The van der Waals surface area contributed by atoms with Crippen LogP contribution in [-0.2, 0) is 11.8 Å². The van der Waals surface area contributed by atoms with Gasteiger partial charge >= 0.3 is 0 Å². The van der Waals surface area contributed by atoms with E-state index in [1.54, 1.807) is 0 Å². The summed E-state index contributed by atoms with van der Waals surface area (Å²) in [5.41, 5.74) is 0. The highest BCUT2D eigenvalue weighted by atomic mass is 32.7. The Morgan fingerprint density at radius 2 is 4.00 bits per heavy atom. The van der Waals surface area contributed by atoms with Crippen molar-refractivity contribution in [3.8, 4) is 0 Å². The summed E-state index contributed by atoms with van der Waals surface area (Å²) < 4.78 is 20.4. The third-order valence-corrected chi connectivity index (χ3v) is 3.70. The van der Waals surface area contributed by atoms with Crippen LogP contribution >= 0.6 is 23.8 Å². The standard InChI is InChI=1S/H5P3S/c1-2-3-4/h2H,1,3H2/i1D,2D,3T. The summed E-state index contributed by atoms with van der Waals surface area (Å²) in [7, 11) is -1.26. The maximum Gasteiger partial charge on any atom is 0.0707 e. The molecule has 0 saturated carbocycles. The van der Waals surface area contributed by atoms with E-state index < -0.39 is 14.9 Å². The van der Waals surface area contributed by atoms with Crippen molar-refractivity contribution < 1.29 is 0 Å². The maximum atomic E-state index is 6.92. The Morgan fingerprint density at radius 1 is 3.25 bits per heavy atom. The molecule has 0 aliphatic carbocycles. The van der Waals surface area contributed by atoms with E-state index in [9.17, 15) is 0 Å². The van der Waals surface area contributed by atoms with E-state index in [-0.39, 0.29) is 8.87 Å². The van der Waals surface area contributed by atoms with Gasteiger partial charge in [0.05, 0.1) is 3.84 Å². The smallest absolute Gasteiger partial charge is 0.0707 e. The van der Waals surface area contributed by atoms with Gasteiger partial charge in [-0.25, -0.2) is 0 Å². The first kappa shape index (κ1) is 1.99. The Bertz CT molecular complexity index is 72.6. The van der Waals surface area contributed by atoms with Gasteiger partial charge in [0.15, 0.2) is 0 Å². The molecule has 4 heteroatoms. The highest BCUT2D eigenvalue weighted by Gasteiger charge is 1.44. The van der Waals surface area contributed by atoms with E-state index in [4.69, 9.17) is 3.84 Å². The Morgan fingerprint density at radius 3 is 4.00 bits per heavy atom. The average molecular weight is 134 g/mol. The maximum absolute atomic E-state index is 6.92. The van der Waals surface area contributed by atoms with Crippen LogP contribution in [0.2, 0.25) is 0 Å². The van der Waals surface area contributed by atoms with Gasteiger partial charge in [-0.3, -0.25) is 0 Å². The third-order valence-electron chi connectivity index (χ3n) is 0.0456. The molecular formula is H5P3S. The Labute approximate surface area is 40.2 Å². The van der Waals surface area contributed by atoms with Crippen LogP contribution in [0.5, 0.6) is 0 Å². The van der Waals surface area contributed by atoms with E-state index in [0.717, 1.165) is 0 Å². The average Bonchev–Trinajstić information content (AvgIpc) is 1.65. The second kappa shape index (κ2) is 4.51. The van der Waals surface area contributed by atoms with Crippen molar-refractivity contribution in [3.63, 3.8) is 0 Å². The fraction of sp³-hybridized carbons (Fsp3) is 0. The van der Waals surface area contributed by atoms with E-state index in [1.165, 1.54) is 0 Å². The molecule has 0 nitrogen and oxygen atoms in total. The minimum absolute atomic E-state index is 0.153. The highest BCUT2D eigenvalue weighted by molar-refractivity contribution is 8.47. The van der Waals surface area contributed by atoms with E-state index in [1.807, 2.05) is 0 Å². The van der Waals surface area contributed by atoms with Crippen molar-refractivity contribution in [2.45, 2.75) is 0 Å². The Kier molecular flexibility index (Phi) is 2.24. The fourth-order valence-corrected chi connectivity index (χ4v) is 0. The van der Waals surface area contributed by atoms with Gasteiger partial charge in [0, 0.05) is 0 Å². The molecule has 3 unspecified atom stereocenters. The number of rotatable bonds is 2. The summed E-state index contributed by atoms with van der Waals surface area (Å²) >= 11 is 4.50. The predicted molar refractivity (Wildman–Crippen MR) is 35.1 cm³/mol. The molecule has 0 N–H and O–H groups in total. The van der Waals surface area contributed by atoms with Gasteiger partial charge in [0.2, 0.25) is 0 Å². The van der Waals surface area contributed by atoms with Crippen molar-refractivity contribution in [3.05, 3.63) is 0 Å². The molecule has 0 spiro atoms. The lowest BCUT2D eigenvalue weighted by Crippen LogP contribution is -0.770. The molecule has 4 heavy (non-hydrogen) atoms. The summed E-state index contributed by atoms with van der Waals surface area (Å²) in [6.45, 7) is -1.57. The second-order valence-corrected chi connectivity index (χ2v) is 5.48. The van der Waals surface area contributed by atoms with Crippen LogP contribution in [0.15, 0.2) is 0 Å². The lowest BCUT2D eigenvalue weighted by atomic mass is 29.5. The summed E-state index contributed by atoms with van der Waals surface area (Å²) in [5.74, 6) is 0. The van der Waals surface area contributed by atoms with Gasteiger partial charge in [-0.2, -0.15) is 0 Å². The van der Waals surface area contributed by atoms with Crippen molar-refractivity contribution in [1.29, 1.82) is 3.84 Å². The Balaban J connectivity index is 3.34. The zero-order valence-corrected chi connectivity index (χ0v) is 5.57. The largest absolute Gasteiger partial charge is 0.110 e. The van der Waals surface area contributed by atoms with Gasteiger partial charge in [0.1, 0.15) is 0 Å². The minimum Gasteiger partial charge on any atom is -0.110 e. The summed E-state index contributed by atoms with van der Waals surface area (Å²) in [6.07, 6.45) is 0. The molecule has 0 saturated heterocycles. The molecule has 0 aromatic heterocycles. The summed E-state index contributed by atoms with van der Waals surface area (Å²) in [4.78, 5) is 0. The van der Waals surface area contributed by atoms with Crippen molar-refractivity contribution in [2.75, 3.05) is 0 Å². The lowest BCUT2D eigenvalue weighted by Gasteiger charge is -1.58. The van der Waals surface area contributed by atoms with Crippen molar-refractivity contribution in [2.24, 2.45) is 0 Å².